The van der Waals surface area contributed by atoms with E-state index >= 15 is 0 Å². The van der Waals surface area contributed by atoms with Crippen molar-refractivity contribution in [2.75, 3.05) is 26.4 Å². The molecule has 0 aromatic carbocycles. The summed E-state index contributed by atoms with van der Waals surface area (Å²) >= 11 is 0. The average molecular weight is 319 g/mol. The first kappa shape index (κ1) is 21.1. The molecule has 0 aromatic rings. The molecule has 0 heterocycles. The summed E-state index contributed by atoms with van der Waals surface area (Å²) in [7, 11) is 0. The van der Waals surface area contributed by atoms with E-state index in [9.17, 15) is 4.39 Å². The van der Waals surface area contributed by atoms with Gasteiger partial charge in [0.25, 0.3) is 0 Å². The zero-order chi connectivity index (χ0) is 17.5. The third kappa shape index (κ3) is 9.69. The van der Waals surface area contributed by atoms with Crippen molar-refractivity contribution < 1.29 is 9.13 Å². The standard InChI is InChI=1S/C20H30FNO/c1-6-13-19(5)20(7-2)22(18(3)4)15-11-9-8-10-12-16-23-17-14-21/h6-10,12-13H,1,3,11,14-17H2,2,4-5H3/b9-8-,12-10-,19-13-,20-7+. The number of hydrogen-bond donors (Lipinski definition) is 0. The summed E-state index contributed by atoms with van der Waals surface area (Å²) in [5.74, 6) is 0. The molecule has 0 bridgehead atoms. The maximum atomic E-state index is 11.8. The number of hydrogen-bond acceptors (Lipinski definition) is 2. The van der Waals surface area contributed by atoms with E-state index in [0.717, 1.165) is 24.4 Å². The summed E-state index contributed by atoms with van der Waals surface area (Å²) in [6, 6.07) is 0. The van der Waals surface area contributed by atoms with Crippen LogP contribution in [0.2, 0.25) is 0 Å². The normalized spacial score (nSPS) is 13.0. The highest BCUT2D eigenvalue weighted by Gasteiger charge is 2.09. The van der Waals surface area contributed by atoms with Gasteiger partial charge in [0, 0.05) is 17.9 Å². The lowest BCUT2D eigenvalue weighted by molar-refractivity contribution is 0.144. The minimum Gasteiger partial charge on any atom is -0.375 e. The Kier molecular flexibility index (Phi) is 12.7. The molecule has 0 N–H and O–H groups in total. The predicted molar refractivity (Wildman–Crippen MR) is 98.9 cm³/mol. The number of alkyl halides is 1. The summed E-state index contributed by atoms with van der Waals surface area (Å²) < 4.78 is 16.8. The summed E-state index contributed by atoms with van der Waals surface area (Å²) in [6.45, 7) is 15.0. The second-order valence-electron chi connectivity index (χ2n) is 5.06. The van der Waals surface area contributed by atoms with Crippen LogP contribution in [0.15, 0.2) is 72.7 Å². The molecule has 0 radical (unpaired) electrons. The van der Waals surface area contributed by atoms with Crippen LogP contribution < -0.4 is 0 Å². The molecule has 0 saturated heterocycles. The first-order valence-electron chi connectivity index (χ1n) is 7.92. The number of rotatable bonds is 12. The molecule has 0 rings (SSSR count). The van der Waals surface area contributed by atoms with Crippen LogP contribution in [-0.4, -0.2) is 31.3 Å². The van der Waals surface area contributed by atoms with Gasteiger partial charge in [-0.05, 0) is 32.8 Å². The van der Waals surface area contributed by atoms with E-state index in [0.29, 0.717) is 6.61 Å². The summed E-state index contributed by atoms with van der Waals surface area (Å²) in [5, 5.41) is 0. The van der Waals surface area contributed by atoms with E-state index in [1.54, 1.807) is 6.08 Å². The van der Waals surface area contributed by atoms with Crippen LogP contribution in [0.25, 0.3) is 0 Å². The molecule has 0 spiro atoms. The molecule has 0 aliphatic carbocycles. The van der Waals surface area contributed by atoms with Gasteiger partial charge in [0.2, 0.25) is 0 Å². The van der Waals surface area contributed by atoms with Crippen molar-refractivity contribution in [3.8, 4) is 0 Å². The van der Waals surface area contributed by atoms with Crippen LogP contribution in [0.3, 0.4) is 0 Å². The zero-order valence-electron chi connectivity index (χ0n) is 14.7. The average Bonchev–Trinajstić information content (AvgIpc) is 2.52. The highest BCUT2D eigenvalue weighted by atomic mass is 19.1. The predicted octanol–water partition coefficient (Wildman–Crippen LogP) is 5.35. The van der Waals surface area contributed by atoms with Crippen molar-refractivity contribution in [2.24, 2.45) is 0 Å². The summed E-state index contributed by atoms with van der Waals surface area (Å²) in [6.07, 6.45) is 14.7. The fraction of sp³-hybridized carbons (Fsp3) is 0.400. The van der Waals surface area contributed by atoms with Gasteiger partial charge in [-0.15, -0.1) is 0 Å². The SMILES string of the molecule is C=C/C=C(C)\C(=C/C)N(CC/C=C\C=C/COCCF)C(=C)C. The van der Waals surface area contributed by atoms with Crippen LogP contribution in [0.5, 0.6) is 0 Å². The molecular weight excluding hydrogens is 289 g/mol. The number of halogens is 1. The van der Waals surface area contributed by atoms with Gasteiger partial charge in [0.15, 0.2) is 0 Å². The van der Waals surface area contributed by atoms with Gasteiger partial charge >= 0.3 is 0 Å². The van der Waals surface area contributed by atoms with E-state index in [-0.39, 0.29) is 6.61 Å². The Balaban J connectivity index is 4.48. The van der Waals surface area contributed by atoms with Gasteiger partial charge in [-0.1, -0.05) is 55.7 Å². The number of ether oxygens (including phenoxy) is 1. The van der Waals surface area contributed by atoms with Crippen molar-refractivity contribution in [3.05, 3.63) is 72.7 Å². The molecule has 0 unspecified atom stereocenters. The van der Waals surface area contributed by atoms with Crippen LogP contribution in [0.1, 0.15) is 27.2 Å². The topological polar surface area (TPSA) is 12.5 Å². The maximum absolute atomic E-state index is 11.8. The lowest BCUT2D eigenvalue weighted by atomic mass is 10.1. The van der Waals surface area contributed by atoms with Gasteiger partial charge in [0.05, 0.1) is 13.2 Å². The lowest BCUT2D eigenvalue weighted by Crippen LogP contribution is -2.22. The molecule has 0 aliphatic rings. The van der Waals surface area contributed by atoms with Crippen molar-refractivity contribution >= 4 is 0 Å². The Morgan fingerprint density at radius 3 is 2.48 bits per heavy atom. The number of allylic oxidation sites excluding steroid dienone is 7. The smallest absolute Gasteiger partial charge is 0.113 e. The van der Waals surface area contributed by atoms with Gasteiger partial charge in [0.1, 0.15) is 6.67 Å². The molecule has 128 valence electrons. The third-order valence-corrected chi connectivity index (χ3v) is 3.14. The summed E-state index contributed by atoms with van der Waals surface area (Å²) in [5.41, 5.74) is 3.33. The minimum absolute atomic E-state index is 0.158. The molecular formula is C20H30FNO. The fourth-order valence-corrected chi connectivity index (χ4v) is 2.09. The molecule has 0 amide bonds. The highest BCUT2D eigenvalue weighted by Crippen LogP contribution is 2.19. The molecule has 3 heteroatoms. The summed E-state index contributed by atoms with van der Waals surface area (Å²) in [4.78, 5) is 2.20. The largest absolute Gasteiger partial charge is 0.375 e. The molecule has 23 heavy (non-hydrogen) atoms. The Bertz CT molecular complexity index is 472. The van der Waals surface area contributed by atoms with E-state index < -0.39 is 6.67 Å². The van der Waals surface area contributed by atoms with Crippen LogP contribution in [0.4, 0.5) is 4.39 Å². The molecule has 0 fully saturated rings. The highest BCUT2D eigenvalue weighted by molar-refractivity contribution is 5.32. The third-order valence-electron chi connectivity index (χ3n) is 3.14. The second kappa shape index (κ2) is 13.8. The van der Waals surface area contributed by atoms with Crippen molar-refractivity contribution in [2.45, 2.75) is 27.2 Å². The number of nitrogens with zero attached hydrogens (tertiary/aromatic N) is 1. The Labute approximate surface area is 141 Å². The van der Waals surface area contributed by atoms with Gasteiger partial charge in [-0.25, -0.2) is 4.39 Å². The Morgan fingerprint density at radius 2 is 1.91 bits per heavy atom. The molecule has 0 aromatic heterocycles. The monoisotopic (exact) mass is 319 g/mol. The Hall–Kier alpha value is -1.87. The van der Waals surface area contributed by atoms with Gasteiger partial charge in [-0.3, -0.25) is 0 Å². The van der Waals surface area contributed by atoms with E-state index in [2.05, 4.69) is 37.1 Å². The van der Waals surface area contributed by atoms with E-state index in [1.807, 2.05) is 38.2 Å². The molecule has 2 nitrogen and oxygen atoms in total. The van der Waals surface area contributed by atoms with Crippen molar-refractivity contribution in [3.63, 3.8) is 0 Å². The first-order chi connectivity index (χ1) is 11.1. The van der Waals surface area contributed by atoms with Crippen molar-refractivity contribution in [1.82, 2.24) is 4.90 Å². The first-order valence-corrected chi connectivity index (χ1v) is 7.92. The zero-order valence-corrected chi connectivity index (χ0v) is 14.7. The van der Waals surface area contributed by atoms with Gasteiger partial charge < -0.3 is 9.64 Å². The van der Waals surface area contributed by atoms with Crippen LogP contribution in [-0.2, 0) is 4.74 Å². The van der Waals surface area contributed by atoms with Crippen LogP contribution >= 0.6 is 0 Å². The van der Waals surface area contributed by atoms with E-state index in [4.69, 9.17) is 4.74 Å². The Morgan fingerprint density at radius 1 is 1.22 bits per heavy atom. The van der Waals surface area contributed by atoms with Crippen LogP contribution in [0, 0.1) is 0 Å². The minimum atomic E-state index is -0.437. The fourth-order valence-electron chi connectivity index (χ4n) is 2.09. The second-order valence-corrected chi connectivity index (χ2v) is 5.06. The molecule has 0 aliphatic heterocycles. The maximum Gasteiger partial charge on any atom is 0.113 e. The lowest BCUT2D eigenvalue weighted by Gasteiger charge is -2.27. The van der Waals surface area contributed by atoms with E-state index in [1.165, 1.54) is 5.57 Å². The van der Waals surface area contributed by atoms with Gasteiger partial charge in [-0.2, -0.15) is 0 Å². The quantitative estimate of drug-likeness (QED) is 0.355. The molecule has 0 saturated carbocycles. The molecule has 0 atom stereocenters. The van der Waals surface area contributed by atoms with Crippen molar-refractivity contribution in [1.29, 1.82) is 0 Å².